The summed E-state index contributed by atoms with van der Waals surface area (Å²) in [5.41, 5.74) is 0.849. The molecule has 1 saturated carbocycles. The maximum Gasteiger partial charge on any atom is 0.273 e. The Bertz CT molecular complexity index is 804. The largest absolute Gasteiger partial charge is 0.448 e. The second kappa shape index (κ2) is 9.03. The second-order valence-corrected chi connectivity index (χ2v) is 7.44. The van der Waals surface area contributed by atoms with Crippen LogP contribution in [0.25, 0.3) is 0 Å². The van der Waals surface area contributed by atoms with Gasteiger partial charge in [-0.1, -0.05) is 33.1 Å². The van der Waals surface area contributed by atoms with Gasteiger partial charge < -0.3 is 20.0 Å². The number of hydrogen-bond donors (Lipinski definition) is 3. The van der Waals surface area contributed by atoms with E-state index in [0.29, 0.717) is 24.7 Å². The van der Waals surface area contributed by atoms with Crippen molar-refractivity contribution in [1.82, 2.24) is 25.6 Å². The van der Waals surface area contributed by atoms with Gasteiger partial charge in [-0.05, 0) is 19.3 Å². The van der Waals surface area contributed by atoms with Crippen molar-refractivity contribution in [3.8, 4) is 0 Å². The van der Waals surface area contributed by atoms with Crippen LogP contribution in [-0.4, -0.2) is 38.8 Å². The topological polar surface area (TPSA) is 113 Å². The lowest BCUT2D eigenvalue weighted by Crippen LogP contribution is -2.56. The third-order valence-corrected chi connectivity index (χ3v) is 5.29. The van der Waals surface area contributed by atoms with Gasteiger partial charge in [-0.2, -0.15) is 0 Å². The van der Waals surface area contributed by atoms with E-state index >= 15 is 0 Å². The van der Waals surface area contributed by atoms with Crippen LogP contribution in [0, 0.1) is 0 Å². The summed E-state index contributed by atoms with van der Waals surface area (Å²) < 4.78 is 5.28. The second-order valence-electron chi connectivity index (χ2n) is 7.44. The number of carbonyl (C=O) groups is 2. The van der Waals surface area contributed by atoms with Gasteiger partial charge in [-0.25, -0.2) is 9.97 Å². The molecule has 0 aromatic carbocycles. The average molecular weight is 387 g/mol. The molecular weight excluding hydrogens is 358 g/mol. The molecule has 0 bridgehead atoms. The number of amides is 2. The standard InChI is InChI=1S/C20H29N5O3/c1-3-14-11-21-16(23-14)10-17(26)22-13-20(8-6-5-7-9-20)25-19(27)15-12-28-18(4-2)24-15/h11-12H,3-10,13H2,1-2H3,(H,21,23)(H,22,26)(H,25,27). The number of carbonyl (C=O) groups excluding carboxylic acids is 2. The number of nitrogens with one attached hydrogen (secondary N) is 3. The van der Waals surface area contributed by atoms with Crippen molar-refractivity contribution in [3.05, 3.63) is 35.6 Å². The van der Waals surface area contributed by atoms with Gasteiger partial charge in [0.2, 0.25) is 5.91 Å². The Morgan fingerprint density at radius 3 is 2.64 bits per heavy atom. The molecule has 2 heterocycles. The first-order valence-corrected chi connectivity index (χ1v) is 10.1. The summed E-state index contributed by atoms with van der Waals surface area (Å²) in [5.74, 6) is 0.843. The number of nitrogens with zero attached hydrogens (tertiary/aromatic N) is 2. The summed E-state index contributed by atoms with van der Waals surface area (Å²) in [6, 6.07) is 0. The number of aromatic amines is 1. The molecular formula is C20H29N5O3. The molecule has 1 aliphatic carbocycles. The Morgan fingerprint density at radius 1 is 1.21 bits per heavy atom. The summed E-state index contributed by atoms with van der Waals surface area (Å²) in [7, 11) is 0. The van der Waals surface area contributed by atoms with E-state index in [0.717, 1.165) is 44.2 Å². The number of rotatable bonds is 8. The maximum atomic E-state index is 12.7. The number of aryl methyl sites for hydroxylation is 2. The van der Waals surface area contributed by atoms with E-state index in [4.69, 9.17) is 4.42 Å². The predicted molar refractivity (Wildman–Crippen MR) is 104 cm³/mol. The minimum Gasteiger partial charge on any atom is -0.448 e. The van der Waals surface area contributed by atoms with Crippen molar-refractivity contribution in [3.63, 3.8) is 0 Å². The van der Waals surface area contributed by atoms with Crippen LogP contribution in [-0.2, 0) is 24.1 Å². The highest BCUT2D eigenvalue weighted by molar-refractivity contribution is 5.92. The first kappa shape index (κ1) is 20.1. The fourth-order valence-corrected chi connectivity index (χ4v) is 3.61. The molecule has 8 heteroatoms. The molecule has 152 valence electrons. The van der Waals surface area contributed by atoms with Gasteiger partial charge in [0, 0.05) is 24.9 Å². The molecule has 3 rings (SSSR count). The summed E-state index contributed by atoms with van der Waals surface area (Å²) in [6.07, 6.45) is 9.69. The van der Waals surface area contributed by atoms with Crippen LogP contribution in [0.2, 0.25) is 0 Å². The van der Waals surface area contributed by atoms with E-state index in [1.54, 1.807) is 6.20 Å². The third kappa shape index (κ3) is 4.99. The Morgan fingerprint density at radius 2 is 2.00 bits per heavy atom. The molecule has 1 aliphatic rings. The van der Waals surface area contributed by atoms with Crippen molar-refractivity contribution >= 4 is 11.8 Å². The smallest absolute Gasteiger partial charge is 0.273 e. The van der Waals surface area contributed by atoms with E-state index in [1.165, 1.54) is 6.26 Å². The maximum absolute atomic E-state index is 12.7. The highest BCUT2D eigenvalue weighted by Gasteiger charge is 2.35. The Hall–Kier alpha value is -2.64. The first-order valence-electron chi connectivity index (χ1n) is 10.1. The number of oxazole rings is 1. The van der Waals surface area contributed by atoms with Gasteiger partial charge >= 0.3 is 0 Å². The first-order chi connectivity index (χ1) is 13.5. The van der Waals surface area contributed by atoms with Crippen LogP contribution in [0.15, 0.2) is 16.9 Å². The monoisotopic (exact) mass is 387 g/mol. The van der Waals surface area contributed by atoms with E-state index in [-0.39, 0.29) is 23.9 Å². The highest BCUT2D eigenvalue weighted by atomic mass is 16.3. The molecule has 2 amide bonds. The molecule has 3 N–H and O–H groups in total. The number of aromatic nitrogens is 3. The molecule has 0 radical (unpaired) electrons. The summed E-state index contributed by atoms with van der Waals surface area (Å²) >= 11 is 0. The molecule has 2 aromatic heterocycles. The fourth-order valence-electron chi connectivity index (χ4n) is 3.61. The highest BCUT2D eigenvalue weighted by Crippen LogP contribution is 2.28. The van der Waals surface area contributed by atoms with Crippen molar-refractivity contribution in [2.45, 2.75) is 70.8 Å². The van der Waals surface area contributed by atoms with Crippen molar-refractivity contribution in [2.24, 2.45) is 0 Å². The van der Waals surface area contributed by atoms with Gasteiger partial charge in [0.1, 0.15) is 12.1 Å². The molecule has 1 fully saturated rings. The summed E-state index contributed by atoms with van der Waals surface area (Å²) in [6.45, 7) is 4.36. The number of imidazole rings is 1. The van der Waals surface area contributed by atoms with Crippen molar-refractivity contribution in [1.29, 1.82) is 0 Å². The van der Waals surface area contributed by atoms with E-state index in [9.17, 15) is 9.59 Å². The lowest BCUT2D eigenvalue weighted by molar-refractivity contribution is -0.120. The molecule has 2 aromatic rings. The normalized spacial score (nSPS) is 15.9. The lowest BCUT2D eigenvalue weighted by Gasteiger charge is -2.38. The van der Waals surface area contributed by atoms with Crippen LogP contribution >= 0.6 is 0 Å². The SMILES string of the molecule is CCc1cnc(CC(=O)NCC2(NC(=O)c3coc(CC)n3)CCCCC2)[nH]1. The van der Waals surface area contributed by atoms with Crippen LogP contribution in [0.1, 0.15) is 73.8 Å². The average Bonchev–Trinajstić information content (AvgIpc) is 3.36. The molecule has 0 saturated heterocycles. The van der Waals surface area contributed by atoms with E-state index < -0.39 is 5.54 Å². The summed E-state index contributed by atoms with van der Waals surface area (Å²) in [4.78, 5) is 36.6. The lowest BCUT2D eigenvalue weighted by atomic mass is 9.81. The van der Waals surface area contributed by atoms with Crippen molar-refractivity contribution in [2.75, 3.05) is 6.54 Å². The third-order valence-electron chi connectivity index (χ3n) is 5.29. The minimum atomic E-state index is -0.450. The number of hydrogen-bond acceptors (Lipinski definition) is 5. The Labute approximate surface area is 164 Å². The zero-order valence-electron chi connectivity index (χ0n) is 16.6. The molecule has 8 nitrogen and oxygen atoms in total. The van der Waals surface area contributed by atoms with Crippen molar-refractivity contribution < 1.29 is 14.0 Å². The quantitative estimate of drug-likeness (QED) is 0.643. The van der Waals surface area contributed by atoms with Crippen LogP contribution in [0.3, 0.4) is 0 Å². The molecule has 0 unspecified atom stereocenters. The zero-order valence-corrected chi connectivity index (χ0v) is 16.6. The minimum absolute atomic E-state index is 0.106. The predicted octanol–water partition coefficient (Wildman–Crippen LogP) is 2.31. The zero-order chi connectivity index (χ0) is 20.0. The Kier molecular flexibility index (Phi) is 6.49. The molecule has 0 spiro atoms. The van der Waals surface area contributed by atoms with E-state index in [2.05, 4.69) is 25.6 Å². The number of H-pyrrole nitrogens is 1. The van der Waals surface area contributed by atoms with E-state index in [1.807, 2.05) is 13.8 Å². The summed E-state index contributed by atoms with van der Waals surface area (Å²) in [5, 5.41) is 6.10. The van der Waals surface area contributed by atoms with Crippen LogP contribution in [0.5, 0.6) is 0 Å². The van der Waals surface area contributed by atoms with Gasteiger partial charge in [0.15, 0.2) is 11.6 Å². The van der Waals surface area contributed by atoms with Gasteiger partial charge in [0.05, 0.1) is 12.0 Å². The molecule has 28 heavy (non-hydrogen) atoms. The fraction of sp³-hybridized carbons (Fsp3) is 0.600. The van der Waals surface area contributed by atoms with Gasteiger partial charge in [-0.3, -0.25) is 9.59 Å². The van der Waals surface area contributed by atoms with Crippen LogP contribution in [0.4, 0.5) is 0 Å². The van der Waals surface area contributed by atoms with Gasteiger partial charge in [0.25, 0.3) is 5.91 Å². The van der Waals surface area contributed by atoms with Crippen LogP contribution < -0.4 is 10.6 Å². The molecule has 0 atom stereocenters. The molecule has 0 aliphatic heterocycles. The van der Waals surface area contributed by atoms with Gasteiger partial charge in [-0.15, -0.1) is 0 Å². The Balaban J connectivity index is 1.60.